The predicted molar refractivity (Wildman–Crippen MR) is 153 cm³/mol. The summed E-state index contributed by atoms with van der Waals surface area (Å²) in [6.07, 6.45) is -5.32. The Kier molecular flexibility index (Phi) is 8.53. The molecule has 0 unspecified atom stereocenters. The molecule has 10 nitrogen and oxygen atoms in total. The van der Waals surface area contributed by atoms with Crippen molar-refractivity contribution in [3.8, 4) is 0 Å². The van der Waals surface area contributed by atoms with E-state index in [2.05, 4.69) is 5.32 Å². The van der Waals surface area contributed by atoms with Gasteiger partial charge in [-0.05, 0) is 43.2 Å². The van der Waals surface area contributed by atoms with Gasteiger partial charge >= 0.3 is 18.1 Å². The smallest absolute Gasteiger partial charge is 0.416 e. The molecular formula is C30H30F3N3O7S. The Labute approximate surface area is 254 Å². The van der Waals surface area contributed by atoms with Crippen LogP contribution in [0.15, 0.2) is 59.1 Å². The number of anilines is 1. The van der Waals surface area contributed by atoms with Crippen molar-refractivity contribution in [2.45, 2.75) is 56.4 Å². The van der Waals surface area contributed by atoms with E-state index in [-0.39, 0.29) is 41.7 Å². The lowest BCUT2D eigenvalue weighted by molar-refractivity contribution is -0.163. The highest BCUT2D eigenvalue weighted by Gasteiger charge is 2.60. The number of aromatic carboxylic acids is 1. The van der Waals surface area contributed by atoms with Crippen LogP contribution in [0.3, 0.4) is 0 Å². The number of hydrogen-bond donors (Lipinski definition) is 4. The number of carboxylic acids is 2. The van der Waals surface area contributed by atoms with Gasteiger partial charge in [0.15, 0.2) is 0 Å². The van der Waals surface area contributed by atoms with Crippen LogP contribution in [0.25, 0.3) is 0 Å². The van der Waals surface area contributed by atoms with Crippen LogP contribution >= 0.6 is 11.8 Å². The molecule has 14 heteroatoms. The van der Waals surface area contributed by atoms with Crippen LogP contribution in [-0.4, -0.2) is 78.9 Å². The summed E-state index contributed by atoms with van der Waals surface area (Å²) in [6, 6.07) is 9.08. The molecule has 3 aliphatic rings. The van der Waals surface area contributed by atoms with Crippen molar-refractivity contribution in [1.82, 2.24) is 9.80 Å². The first-order valence-corrected chi connectivity index (χ1v) is 14.7. The number of hydrogen-bond acceptors (Lipinski definition) is 7. The lowest BCUT2D eigenvalue weighted by Gasteiger charge is -2.46. The highest BCUT2D eigenvalue weighted by molar-refractivity contribution is 8.03. The molecule has 0 aromatic heterocycles. The van der Waals surface area contributed by atoms with Gasteiger partial charge in [0, 0.05) is 34.8 Å². The van der Waals surface area contributed by atoms with Gasteiger partial charge in [0.2, 0.25) is 11.8 Å². The summed E-state index contributed by atoms with van der Waals surface area (Å²) < 4.78 is 40.2. The van der Waals surface area contributed by atoms with Gasteiger partial charge in [-0.1, -0.05) is 31.2 Å². The van der Waals surface area contributed by atoms with E-state index in [1.165, 1.54) is 60.0 Å². The Balaban J connectivity index is 1.42. The zero-order chi connectivity index (χ0) is 32.1. The van der Waals surface area contributed by atoms with E-state index in [9.17, 15) is 47.7 Å². The second kappa shape index (κ2) is 11.9. The molecule has 0 aliphatic carbocycles. The summed E-state index contributed by atoms with van der Waals surface area (Å²) >= 11 is 1.22. The van der Waals surface area contributed by atoms with Gasteiger partial charge in [-0.2, -0.15) is 13.2 Å². The molecule has 6 atom stereocenters. The maximum atomic E-state index is 13.5. The molecule has 3 heterocycles. The van der Waals surface area contributed by atoms with E-state index in [1.807, 2.05) is 0 Å². The zero-order valence-corrected chi connectivity index (χ0v) is 24.4. The fourth-order valence-corrected chi connectivity index (χ4v) is 7.84. The number of carbonyl (C=O) groups is 4. The number of carboxylic acid groups (broad SMARTS) is 2. The molecule has 44 heavy (non-hydrogen) atoms. The van der Waals surface area contributed by atoms with Crippen molar-refractivity contribution >= 4 is 41.2 Å². The Morgan fingerprint density at radius 2 is 1.80 bits per heavy atom. The van der Waals surface area contributed by atoms with E-state index in [0.717, 1.165) is 12.1 Å². The monoisotopic (exact) mass is 633 g/mol. The fourth-order valence-electron chi connectivity index (χ4n) is 6.29. The van der Waals surface area contributed by atoms with Gasteiger partial charge in [0.25, 0.3) is 0 Å². The molecule has 5 rings (SSSR count). The van der Waals surface area contributed by atoms with Crippen molar-refractivity contribution in [3.63, 3.8) is 0 Å². The maximum Gasteiger partial charge on any atom is 0.416 e. The molecule has 2 aromatic rings. The van der Waals surface area contributed by atoms with E-state index < -0.39 is 65.5 Å². The SMILES string of the molecule is C[C@@H](O)[C@H]1C(=O)N2C(C(=O)O)=C(S[C@H]3C[C@@H](C(=O)Nc4cccc(C(=O)O)c4)N(Cc4cccc(C(F)(F)F)c4)C3)[C@H](C)[C@H]12. The Bertz CT molecular complexity index is 1550. The predicted octanol–water partition coefficient (Wildman–Crippen LogP) is 3.87. The van der Waals surface area contributed by atoms with E-state index in [1.54, 1.807) is 11.8 Å². The molecule has 0 spiro atoms. The van der Waals surface area contributed by atoms with Crippen LogP contribution in [0, 0.1) is 11.8 Å². The van der Waals surface area contributed by atoms with Crippen LogP contribution in [0.5, 0.6) is 0 Å². The Morgan fingerprint density at radius 1 is 1.09 bits per heavy atom. The van der Waals surface area contributed by atoms with Gasteiger partial charge in [0.1, 0.15) is 5.70 Å². The number of alkyl halides is 3. The zero-order valence-electron chi connectivity index (χ0n) is 23.6. The van der Waals surface area contributed by atoms with E-state index >= 15 is 0 Å². The molecule has 3 aliphatic heterocycles. The normalized spacial score (nSPS) is 25.9. The molecule has 4 N–H and O–H groups in total. The van der Waals surface area contributed by atoms with Crippen LogP contribution in [-0.2, 0) is 27.1 Å². The third-order valence-corrected chi connectivity index (χ3v) is 9.78. The first kappa shape index (κ1) is 31.5. The van der Waals surface area contributed by atoms with Crippen LogP contribution < -0.4 is 5.32 Å². The van der Waals surface area contributed by atoms with Crippen molar-refractivity contribution in [2.75, 3.05) is 11.9 Å². The summed E-state index contributed by atoms with van der Waals surface area (Å²) in [6.45, 7) is 3.48. The minimum atomic E-state index is -4.56. The molecule has 0 radical (unpaired) electrons. The van der Waals surface area contributed by atoms with E-state index in [4.69, 9.17) is 0 Å². The maximum absolute atomic E-state index is 13.5. The van der Waals surface area contributed by atoms with Crippen LogP contribution in [0.4, 0.5) is 18.9 Å². The summed E-state index contributed by atoms with van der Waals surface area (Å²) in [5.41, 5.74) is -0.467. The number of aliphatic hydroxyl groups is 1. The van der Waals surface area contributed by atoms with Crippen molar-refractivity contribution in [1.29, 1.82) is 0 Å². The number of likely N-dealkylation sites (tertiary alicyclic amines) is 1. The number of rotatable bonds is 9. The average Bonchev–Trinajstić information content (AvgIpc) is 3.44. The van der Waals surface area contributed by atoms with Crippen molar-refractivity contribution < 1.29 is 47.7 Å². The number of benzene rings is 2. The number of carbonyl (C=O) groups excluding carboxylic acids is 2. The molecule has 0 bridgehead atoms. The standard InChI is InChI=1S/C30H30F3N3O7S/c1-14-23-22(15(2)37)27(39)36(23)24(29(42)43)25(14)44-20-11-21(26(38)34-19-8-4-6-17(10-19)28(40)41)35(13-20)12-16-5-3-7-18(9-16)30(31,32)33/h3-10,14-15,20-23,37H,11-13H2,1-2H3,(H,34,38)(H,40,41)(H,42,43)/t14-,15-,20+,21+,22-,23-/m1/s1. The first-order valence-electron chi connectivity index (χ1n) is 13.9. The molecule has 2 aromatic carbocycles. The van der Waals surface area contributed by atoms with Gasteiger partial charge < -0.3 is 25.5 Å². The second-order valence-corrected chi connectivity index (χ2v) is 12.6. The van der Waals surface area contributed by atoms with Crippen LogP contribution in [0.2, 0.25) is 0 Å². The molecule has 0 saturated carbocycles. The summed E-state index contributed by atoms with van der Waals surface area (Å²) in [4.78, 5) is 53.3. The number of thioether (sulfide) groups is 1. The third kappa shape index (κ3) is 5.93. The number of nitrogens with zero attached hydrogens (tertiary/aromatic N) is 2. The minimum Gasteiger partial charge on any atom is -0.478 e. The molecule has 2 amide bonds. The highest BCUT2D eigenvalue weighted by Crippen LogP contribution is 2.52. The van der Waals surface area contributed by atoms with Gasteiger partial charge in [-0.15, -0.1) is 11.8 Å². The fraction of sp³-hybridized carbons (Fsp3) is 0.400. The highest BCUT2D eigenvalue weighted by atomic mass is 32.2. The third-order valence-electron chi connectivity index (χ3n) is 8.29. The van der Waals surface area contributed by atoms with E-state index in [0.29, 0.717) is 10.5 Å². The number of amides is 2. The second-order valence-electron chi connectivity index (χ2n) is 11.3. The minimum absolute atomic E-state index is 0.00798. The summed E-state index contributed by atoms with van der Waals surface area (Å²) in [7, 11) is 0. The lowest BCUT2D eigenvalue weighted by Crippen LogP contribution is -2.63. The summed E-state index contributed by atoms with van der Waals surface area (Å²) in [5.74, 6) is -4.57. The van der Waals surface area contributed by atoms with Gasteiger partial charge in [-0.3, -0.25) is 14.5 Å². The lowest BCUT2D eigenvalue weighted by atomic mass is 9.79. The van der Waals surface area contributed by atoms with Crippen molar-refractivity contribution in [2.24, 2.45) is 11.8 Å². The Morgan fingerprint density at radius 3 is 2.43 bits per heavy atom. The number of fused-ring (bicyclic) bond motifs is 1. The first-order chi connectivity index (χ1) is 20.7. The average molecular weight is 634 g/mol. The Hall–Kier alpha value is -3.88. The van der Waals surface area contributed by atoms with Crippen LogP contribution in [0.1, 0.15) is 41.8 Å². The van der Waals surface area contributed by atoms with Gasteiger partial charge in [-0.25, -0.2) is 9.59 Å². The number of nitrogens with one attached hydrogen (secondary N) is 1. The molecule has 2 saturated heterocycles. The van der Waals surface area contributed by atoms with Crippen molar-refractivity contribution in [3.05, 3.63) is 75.8 Å². The molecule has 234 valence electrons. The molecular weight excluding hydrogens is 603 g/mol. The molecule has 2 fully saturated rings. The quantitative estimate of drug-likeness (QED) is 0.302. The summed E-state index contributed by atoms with van der Waals surface area (Å²) in [5, 5.41) is 31.8. The largest absolute Gasteiger partial charge is 0.478 e. The number of β-lactam (4-membered cyclic amide) rings is 1. The topological polar surface area (TPSA) is 147 Å². The number of aliphatic hydroxyl groups excluding tert-OH is 1. The number of halogens is 3. The number of aliphatic carboxylic acids is 1. The van der Waals surface area contributed by atoms with Gasteiger partial charge in [0.05, 0.1) is 35.2 Å².